The summed E-state index contributed by atoms with van der Waals surface area (Å²) in [5, 5.41) is 14.9. The Morgan fingerprint density at radius 2 is 1.94 bits per heavy atom. The molecule has 1 rings (SSSR count). The average molecular weight is 257 g/mol. The van der Waals surface area contributed by atoms with E-state index in [-0.39, 0.29) is 12.5 Å². The molecule has 0 heterocycles. The Balaban J connectivity index is 2.28. The molecule has 1 aliphatic rings. The molecule has 0 aromatic carbocycles. The Hall–Kier alpha value is -1.14. The Kier molecular flexibility index (Phi) is 5.55. The molecule has 1 saturated carbocycles. The third kappa shape index (κ3) is 5.01. The molecule has 0 saturated heterocycles. The predicted molar refractivity (Wildman–Crippen MR) is 68.1 cm³/mol. The van der Waals surface area contributed by atoms with E-state index in [0.717, 1.165) is 25.7 Å². The van der Waals surface area contributed by atoms with Gasteiger partial charge in [0.05, 0.1) is 12.1 Å². The van der Waals surface area contributed by atoms with Crippen LogP contribution in [0.2, 0.25) is 0 Å². The van der Waals surface area contributed by atoms with Crippen molar-refractivity contribution < 1.29 is 14.7 Å². The van der Waals surface area contributed by atoms with Crippen molar-refractivity contribution in [1.82, 2.24) is 15.5 Å². The second kappa shape index (κ2) is 6.70. The Bertz CT molecular complexity index is 301. The Morgan fingerprint density at radius 3 is 2.50 bits per heavy atom. The summed E-state index contributed by atoms with van der Waals surface area (Å²) in [6.45, 7) is 2.84. The molecule has 0 radical (unpaired) electrons. The molecule has 0 bridgehead atoms. The van der Waals surface area contributed by atoms with Crippen molar-refractivity contribution in [2.75, 3.05) is 26.7 Å². The zero-order valence-corrected chi connectivity index (χ0v) is 11.2. The molecule has 3 N–H and O–H groups in total. The highest BCUT2D eigenvalue weighted by molar-refractivity contribution is 5.95. The summed E-state index contributed by atoms with van der Waals surface area (Å²) in [5.74, 6) is -0.356. The van der Waals surface area contributed by atoms with Crippen LogP contribution in [-0.2, 0) is 4.79 Å². The van der Waals surface area contributed by atoms with Crippen LogP contribution in [0.25, 0.3) is 0 Å². The zero-order chi connectivity index (χ0) is 13.6. The highest BCUT2D eigenvalue weighted by Gasteiger charge is 2.32. The van der Waals surface area contributed by atoms with Gasteiger partial charge in [0, 0.05) is 13.1 Å². The number of aliphatic hydroxyl groups is 1. The van der Waals surface area contributed by atoms with E-state index in [4.69, 9.17) is 0 Å². The van der Waals surface area contributed by atoms with Gasteiger partial charge in [-0.2, -0.15) is 0 Å². The lowest BCUT2D eigenvalue weighted by Gasteiger charge is -2.28. The number of carbonyl (C=O) groups excluding carboxylic acids is 2. The SMILES string of the molecule is CCNC(=O)NC(=O)CN(C)CC1(O)CCCC1. The predicted octanol–water partition coefficient (Wildman–Crippen LogP) is 0.0690. The molecule has 0 unspecified atom stereocenters. The summed E-state index contributed by atoms with van der Waals surface area (Å²) in [6, 6.07) is -0.476. The van der Waals surface area contributed by atoms with Crippen LogP contribution in [0.4, 0.5) is 4.79 Å². The number of amides is 3. The van der Waals surface area contributed by atoms with Crippen LogP contribution in [0.5, 0.6) is 0 Å². The minimum atomic E-state index is -0.666. The van der Waals surface area contributed by atoms with Gasteiger partial charge >= 0.3 is 6.03 Å². The van der Waals surface area contributed by atoms with E-state index >= 15 is 0 Å². The van der Waals surface area contributed by atoms with Gasteiger partial charge in [-0.05, 0) is 26.8 Å². The van der Waals surface area contributed by atoms with Crippen LogP contribution in [0, 0.1) is 0 Å². The second-order valence-electron chi connectivity index (χ2n) is 5.01. The van der Waals surface area contributed by atoms with Crippen LogP contribution >= 0.6 is 0 Å². The van der Waals surface area contributed by atoms with Crippen LogP contribution in [0.1, 0.15) is 32.6 Å². The highest BCUT2D eigenvalue weighted by Crippen LogP contribution is 2.29. The molecular formula is C12H23N3O3. The van der Waals surface area contributed by atoms with Crippen molar-refractivity contribution in [3.05, 3.63) is 0 Å². The first kappa shape index (κ1) is 14.9. The molecule has 1 fully saturated rings. The molecular weight excluding hydrogens is 234 g/mol. The van der Waals surface area contributed by atoms with Gasteiger partial charge in [-0.3, -0.25) is 15.0 Å². The lowest BCUT2D eigenvalue weighted by molar-refractivity contribution is -0.121. The number of likely N-dealkylation sites (N-methyl/N-ethyl adjacent to an activating group) is 1. The number of nitrogens with zero attached hydrogens (tertiary/aromatic N) is 1. The molecule has 18 heavy (non-hydrogen) atoms. The van der Waals surface area contributed by atoms with Crippen molar-refractivity contribution in [1.29, 1.82) is 0 Å². The van der Waals surface area contributed by atoms with E-state index in [1.165, 1.54) is 0 Å². The van der Waals surface area contributed by atoms with E-state index in [1.807, 2.05) is 0 Å². The summed E-state index contributed by atoms with van der Waals surface area (Å²) in [6.07, 6.45) is 3.65. The third-order valence-electron chi connectivity index (χ3n) is 3.10. The van der Waals surface area contributed by atoms with E-state index < -0.39 is 11.6 Å². The number of rotatable bonds is 5. The van der Waals surface area contributed by atoms with Gasteiger partial charge in [-0.25, -0.2) is 4.79 Å². The third-order valence-corrected chi connectivity index (χ3v) is 3.10. The number of urea groups is 1. The maximum Gasteiger partial charge on any atom is 0.321 e. The summed E-state index contributed by atoms with van der Waals surface area (Å²) in [5.41, 5.74) is -0.666. The molecule has 0 atom stereocenters. The molecule has 1 aliphatic carbocycles. The fourth-order valence-electron chi connectivity index (χ4n) is 2.37. The molecule has 0 aromatic heterocycles. The first-order chi connectivity index (χ1) is 8.45. The summed E-state index contributed by atoms with van der Waals surface area (Å²) < 4.78 is 0. The maximum atomic E-state index is 11.5. The second-order valence-corrected chi connectivity index (χ2v) is 5.01. The largest absolute Gasteiger partial charge is 0.389 e. The Labute approximate surface area is 108 Å². The first-order valence-corrected chi connectivity index (χ1v) is 6.44. The van der Waals surface area contributed by atoms with E-state index in [0.29, 0.717) is 13.1 Å². The monoisotopic (exact) mass is 257 g/mol. The minimum Gasteiger partial charge on any atom is -0.389 e. The van der Waals surface area contributed by atoms with Gasteiger partial charge in [-0.1, -0.05) is 12.8 Å². The van der Waals surface area contributed by atoms with Crippen molar-refractivity contribution in [3.8, 4) is 0 Å². The minimum absolute atomic E-state index is 0.111. The number of carbonyl (C=O) groups is 2. The fourth-order valence-corrected chi connectivity index (χ4v) is 2.37. The van der Waals surface area contributed by atoms with Crippen LogP contribution in [-0.4, -0.2) is 54.2 Å². The molecule has 0 aliphatic heterocycles. The number of imide groups is 1. The maximum absolute atomic E-state index is 11.5. The average Bonchev–Trinajstić information content (AvgIpc) is 2.63. The summed E-state index contributed by atoms with van der Waals surface area (Å²) >= 11 is 0. The summed E-state index contributed by atoms with van der Waals surface area (Å²) in [7, 11) is 1.77. The van der Waals surface area contributed by atoms with Crippen LogP contribution in [0.15, 0.2) is 0 Å². The smallest absolute Gasteiger partial charge is 0.321 e. The molecule has 0 aromatic rings. The first-order valence-electron chi connectivity index (χ1n) is 6.44. The van der Waals surface area contributed by atoms with Crippen molar-refractivity contribution in [2.45, 2.75) is 38.2 Å². The van der Waals surface area contributed by atoms with Crippen molar-refractivity contribution in [3.63, 3.8) is 0 Å². The number of hydrogen-bond donors (Lipinski definition) is 3. The van der Waals surface area contributed by atoms with Crippen molar-refractivity contribution in [2.24, 2.45) is 0 Å². The molecule has 6 heteroatoms. The molecule has 0 spiro atoms. The van der Waals surface area contributed by atoms with Gasteiger partial charge in [0.1, 0.15) is 0 Å². The van der Waals surface area contributed by atoms with E-state index in [9.17, 15) is 14.7 Å². The molecule has 104 valence electrons. The lowest BCUT2D eigenvalue weighted by Crippen LogP contribution is -2.47. The zero-order valence-electron chi connectivity index (χ0n) is 11.2. The van der Waals surface area contributed by atoms with E-state index in [2.05, 4.69) is 10.6 Å². The summed E-state index contributed by atoms with van der Waals surface area (Å²) in [4.78, 5) is 24.4. The standard InChI is InChI=1S/C12H23N3O3/c1-3-13-11(17)14-10(16)8-15(2)9-12(18)6-4-5-7-12/h18H,3-9H2,1-2H3,(H2,13,14,16,17). The van der Waals surface area contributed by atoms with Gasteiger partial charge in [0.2, 0.25) is 5.91 Å². The highest BCUT2D eigenvalue weighted by atomic mass is 16.3. The number of hydrogen-bond acceptors (Lipinski definition) is 4. The fraction of sp³-hybridized carbons (Fsp3) is 0.833. The number of nitrogens with one attached hydrogen (secondary N) is 2. The normalized spacial score (nSPS) is 17.8. The van der Waals surface area contributed by atoms with Gasteiger partial charge < -0.3 is 10.4 Å². The van der Waals surface area contributed by atoms with Gasteiger partial charge in [0.15, 0.2) is 0 Å². The van der Waals surface area contributed by atoms with Crippen LogP contribution < -0.4 is 10.6 Å². The topological polar surface area (TPSA) is 81.7 Å². The Morgan fingerprint density at radius 1 is 1.33 bits per heavy atom. The molecule has 3 amide bonds. The molecule has 6 nitrogen and oxygen atoms in total. The lowest BCUT2D eigenvalue weighted by atomic mass is 10.0. The van der Waals surface area contributed by atoms with E-state index in [1.54, 1.807) is 18.9 Å². The quantitative estimate of drug-likeness (QED) is 0.651. The van der Waals surface area contributed by atoms with Gasteiger partial charge in [0.25, 0.3) is 0 Å². The van der Waals surface area contributed by atoms with Crippen molar-refractivity contribution >= 4 is 11.9 Å². The van der Waals surface area contributed by atoms with Crippen LogP contribution in [0.3, 0.4) is 0 Å². The van der Waals surface area contributed by atoms with Gasteiger partial charge in [-0.15, -0.1) is 0 Å².